The fourth-order valence-electron chi connectivity index (χ4n) is 2.93. The summed E-state index contributed by atoms with van der Waals surface area (Å²) in [6, 6.07) is 8.98. The van der Waals surface area contributed by atoms with E-state index >= 15 is 0 Å². The zero-order chi connectivity index (χ0) is 19.7. The van der Waals surface area contributed by atoms with Crippen molar-refractivity contribution in [3.05, 3.63) is 82.5 Å². The topological polar surface area (TPSA) is 69.9 Å². The van der Waals surface area contributed by atoms with E-state index in [9.17, 15) is 13.6 Å². The number of rotatable bonds is 4. The molecule has 0 spiro atoms. The second kappa shape index (κ2) is 7.15. The molecule has 0 fully saturated rings. The Morgan fingerprint density at radius 2 is 1.79 bits per heavy atom. The predicted octanol–water partition coefficient (Wildman–Crippen LogP) is 3.19. The molecule has 0 unspecified atom stereocenters. The van der Waals surface area contributed by atoms with E-state index in [1.807, 2.05) is 0 Å². The van der Waals surface area contributed by atoms with Gasteiger partial charge in [-0.15, -0.1) is 0 Å². The van der Waals surface area contributed by atoms with Gasteiger partial charge in [0.2, 0.25) is 5.88 Å². The van der Waals surface area contributed by atoms with Crippen LogP contribution in [0.15, 0.2) is 59.8 Å². The molecule has 0 amide bonds. The third-order valence-electron chi connectivity index (χ3n) is 4.34. The number of aromatic nitrogens is 4. The Hall–Kier alpha value is -3.68. The van der Waals surface area contributed by atoms with Crippen molar-refractivity contribution in [2.45, 2.75) is 6.54 Å². The van der Waals surface area contributed by atoms with E-state index in [4.69, 9.17) is 4.74 Å². The second-order valence-electron chi connectivity index (χ2n) is 6.03. The zero-order valence-corrected chi connectivity index (χ0v) is 14.8. The molecule has 3 heterocycles. The summed E-state index contributed by atoms with van der Waals surface area (Å²) in [5, 5.41) is 0. The summed E-state index contributed by atoms with van der Waals surface area (Å²) in [7, 11) is 1.46. The van der Waals surface area contributed by atoms with E-state index in [1.165, 1.54) is 36.2 Å². The molecule has 0 aliphatic carbocycles. The van der Waals surface area contributed by atoms with Crippen molar-refractivity contribution in [2.75, 3.05) is 7.11 Å². The molecule has 4 rings (SSSR count). The van der Waals surface area contributed by atoms with Crippen molar-refractivity contribution in [3.8, 4) is 17.0 Å². The summed E-state index contributed by atoms with van der Waals surface area (Å²) in [6.45, 7) is -0.299. The first kappa shape index (κ1) is 17.7. The van der Waals surface area contributed by atoms with Gasteiger partial charge in [0.05, 0.1) is 19.9 Å². The van der Waals surface area contributed by atoms with Gasteiger partial charge in [0.25, 0.3) is 5.56 Å². The van der Waals surface area contributed by atoms with E-state index < -0.39 is 17.2 Å². The Balaban J connectivity index is 1.78. The van der Waals surface area contributed by atoms with E-state index in [0.717, 1.165) is 6.20 Å². The predicted molar refractivity (Wildman–Crippen MR) is 99.0 cm³/mol. The maximum Gasteiger partial charge on any atom is 0.270 e. The van der Waals surface area contributed by atoms with E-state index in [2.05, 4.69) is 15.0 Å². The lowest BCUT2D eigenvalue weighted by atomic mass is 10.0. The molecule has 28 heavy (non-hydrogen) atoms. The normalized spacial score (nSPS) is 11.0. The van der Waals surface area contributed by atoms with Gasteiger partial charge in [0.15, 0.2) is 5.65 Å². The highest BCUT2D eigenvalue weighted by Gasteiger charge is 2.16. The van der Waals surface area contributed by atoms with Crippen LogP contribution in [0.5, 0.6) is 5.88 Å². The SMILES string of the molecule is COc1cc(-c2cc(F)c(Cn3c(=O)cnc4cccnc43)c(F)c2)ccn1. The summed E-state index contributed by atoms with van der Waals surface area (Å²) < 4.78 is 35.8. The van der Waals surface area contributed by atoms with Gasteiger partial charge in [0, 0.05) is 24.0 Å². The van der Waals surface area contributed by atoms with Crippen LogP contribution in [-0.4, -0.2) is 26.6 Å². The van der Waals surface area contributed by atoms with Crippen LogP contribution in [0.1, 0.15) is 5.56 Å². The van der Waals surface area contributed by atoms with Gasteiger partial charge in [0.1, 0.15) is 17.2 Å². The molecule has 0 aliphatic rings. The van der Waals surface area contributed by atoms with Crippen LogP contribution >= 0.6 is 0 Å². The van der Waals surface area contributed by atoms with Gasteiger partial charge in [-0.05, 0) is 41.5 Å². The fourth-order valence-corrected chi connectivity index (χ4v) is 2.93. The average molecular weight is 380 g/mol. The number of ether oxygens (including phenoxy) is 1. The summed E-state index contributed by atoms with van der Waals surface area (Å²) in [5.74, 6) is -1.19. The molecule has 0 saturated carbocycles. The standard InChI is InChI=1S/C20H14F2N4O2/c1-28-18-9-12(4-6-23-18)13-7-15(21)14(16(22)8-13)11-26-19(27)10-25-17-3-2-5-24-20(17)26/h2-10H,11H2,1H3. The minimum atomic E-state index is -0.765. The number of hydrogen-bond acceptors (Lipinski definition) is 5. The lowest BCUT2D eigenvalue weighted by molar-refractivity contribution is 0.398. The van der Waals surface area contributed by atoms with Crippen LogP contribution in [0.3, 0.4) is 0 Å². The molecule has 1 aromatic carbocycles. The summed E-state index contributed by atoms with van der Waals surface area (Å²) in [5.41, 5.74) is 0.895. The molecule has 0 radical (unpaired) electrons. The van der Waals surface area contributed by atoms with Crippen LogP contribution < -0.4 is 10.3 Å². The highest BCUT2D eigenvalue weighted by Crippen LogP contribution is 2.26. The first-order chi connectivity index (χ1) is 13.6. The molecule has 0 aliphatic heterocycles. The van der Waals surface area contributed by atoms with Gasteiger partial charge in [-0.1, -0.05) is 0 Å². The lowest BCUT2D eigenvalue weighted by Gasteiger charge is -2.12. The third kappa shape index (κ3) is 3.20. The molecular weight excluding hydrogens is 366 g/mol. The smallest absolute Gasteiger partial charge is 0.270 e. The number of fused-ring (bicyclic) bond motifs is 1. The van der Waals surface area contributed by atoms with E-state index in [1.54, 1.807) is 24.3 Å². The molecule has 0 saturated heterocycles. The zero-order valence-electron chi connectivity index (χ0n) is 14.8. The van der Waals surface area contributed by atoms with Gasteiger partial charge < -0.3 is 4.74 Å². The molecule has 3 aromatic heterocycles. The molecule has 6 nitrogen and oxygen atoms in total. The number of halogens is 2. The van der Waals surface area contributed by atoms with E-state index in [-0.39, 0.29) is 17.8 Å². The maximum absolute atomic E-state index is 14.8. The molecule has 8 heteroatoms. The summed E-state index contributed by atoms with van der Waals surface area (Å²) >= 11 is 0. The third-order valence-corrected chi connectivity index (χ3v) is 4.34. The molecule has 4 aromatic rings. The molecule has 0 N–H and O–H groups in total. The largest absolute Gasteiger partial charge is 0.481 e. The first-order valence-electron chi connectivity index (χ1n) is 8.35. The number of benzene rings is 1. The maximum atomic E-state index is 14.8. The van der Waals surface area contributed by atoms with Gasteiger partial charge in [-0.2, -0.15) is 0 Å². The molecule has 140 valence electrons. The Morgan fingerprint density at radius 1 is 1.00 bits per heavy atom. The van der Waals surface area contributed by atoms with Gasteiger partial charge in [-0.3, -0.25) is 9.36 Å². The lowest BCUT2D eigenvalue weighted by Crippen LogP contribution is -2.23. The highest BCUT2D eigenvalue weighted by atomic mass is 19.1. The number of pyridine rings is 2. The van der Waals surface area contributed by atoms with Gasteiger partial charge >= 0.3 is 0 Å². The quantitative estimate of drug-likeness (QED) is 0.544. The van der Waals surface area contributed by atoms with Crippen LogP contribution in [0.2, 0.25) is 0 Å². The fraction of sp³-hybridized carbons (Fsp3) is 0.100. The Labute approximate surface area is 158 Å². The molecule has 0 bridgehead atoms. The van der Waals surface area contributed by atoms with Crippen LogP contribution in [0.4, 0.5) is 8.78 Å². The highest BCUT2D eigenvalue weighted by molar-refractivity contribution is 5.69. The van der Waals surface area contributed by atoms with Crippen molar-refractivity contribution in [3.63, 3.8) is 0 Å². The molecule has 0 atom stereocenters. The van der Waals surface area contributed by atoms with Crippen molar-refractivity contribution >= 4 is 11.2 Å². The Bertz CT molecular complexity index is 1220. The van der Waals surface area contributed by atoms with Crippen molar-refractivity contribution in [2.24, 2.45) is 0 Å². The minimum Gasteiger partial charge on any atom is -0.481 e. The number of nitrogens with zero attached hydrogens (tertiary/aromatic N) is 4. The monoisotopic (exact) mass is 380 g/mol. The Morgan fingerprint density at radius 3 is 2.54 bits per heavy atom. The van der Waals surface area contributed by atoms with Crippen LogP contribution in [-0.2, 0) is 6.54 Å². The second-order valence-corrected chi connectivity index (χ2v) is 6.03. The van der Waals surface area contributed by atoms with Crippen LogP contribution in [0.25, 0.3) is 22.3 Å². The van der Waals surface area contributed by atoms with E-state index in [0.29, 0.717) is 22.5 Å². The minimum absolute atomic E-state index is 0.231. The van der Waals surface area contributed by atoms with Crippen molar-refractivity contribution in [1.29, 1.82) is 0 Å². The summed E-state index contributed by atoms with van der Waals surface area (Å²) in [6.07, 6.45) is 4.09. The van der Waals surface area contributed by atoms with Crippen molar-refractivity contribution < 1.29 is 13.5 Å². The summed E-state index contributed by atoms with van der Waals surface area (Å²) in [4.78, 5) is 24.3. The first-order valence-corrected chi connectivity index (χ1v) is 8.35. The Kier molecular flexibility index (Phi) is 4.52. The van der Waals surface area contributed by atoms with Crippen molar-refractivity contribution in [1.82, 2.24) is 19.5 Å². The number of methoxy groups -OCH3 is 1. The number of hydrogen-bond donors (Lipinski definition) is 0. The average Bonchev–Trinajstić information content (AvgIpc) is 2.72. The van der Waals surface area contributed by atoms with Gasteiger partial charge in [-0.25, -0.2) is 23.7 Å². The molecular formula is C20H14F2N4O2. The van der Waals surface area contributed by atoms with Crippen LogP contribution in [0, 0.1) is 11.6 Å².